The summed E-state index contributed by atoms with van der Waals surface area (Å²) in [4.78, 5) is 28.3. The number of halogens is 1. The average Bonchev–Trinajstić information content (AvgIpc) is 3.35. The first-order valence-electron chi connectivity index (χ1n) is 13.3. The van der Waals surface area contributed by atoms with Crippen LogP contribution in [0, 0.1) is 5.92 Å². The van der Waals surface area contributed by atoms with Gasteiger partial charge in [-0.1, -0.05) is 61.2 Å². The Balaban J connectivity index is 1.29. The van der Waals surface area contributed by atoms with Crippen LogP contribution in [0.1, 0.15) is 56.2 Å². The lowest BCUT2D eigenvalue weighted by atomic mass is 9.89. The lowest BCUT2D eigenvalue weighted by Gasteiger charge is -2.26. The van der Waals surface area contributed by atoms with Gasteiger partial charge in [-0.2, -0.15) is 5.10 Å². The van der Waals surface area contributed by atoms with Crippen LogP contribution in [0.2, 0.25) is 5.02 Å². The summed E-state index contributed by atoms with van der Waals surface area (Å²) >= 11 is 6.07. The maximum Gasteiger partial charge on any atom is 0.274 e. The van der Waals surface area contributed by atoms with Gasteiger partial charge in [-0.15, -0.1) is 0 Å². The van der Waals surface area contributed by atoms with Crippen molar-refractivity contribution in [1.29, 1.82) is 0 Å². The van der Waals surface area contributed by atoms with E-state index in [9.17, 15) is 9.59 Å². The maximum atomic E-state index is 13.4. The standard InChI is InChI=1S/C29H35ClN4O2/c30-23-14-12-21(13-15-23)19-27-25-10-4-5-11-26(25)29(36)34(32-27)20-24-9-6-17-33(24)18-16-31-28(35)22-7-2-1-3-8-22/h4-5,10-15,22,24H,1-3,6-9,16-20H2,(H,31,35). The predicted molar refractivity (Wildman–Crippen MR) is 144 cm³/mol. The molecular formula is C29H35ClN4O2. The fraction of sp³-hybridized carbons (Fsp3) is 0.483. The molecule has 6 nitrogen and oxygen atoms in total. The van der Waals surface area contributed by atoms with Gasteiger partial charge in [0.05, 0.1) is 17.6 Å². The van der Waals surface area contributed by atoms with Crippen molar-refractivity contribution >= 4 is 28.3 Å². The van der Waals surface area contributed by atoms with E-state index < -0.39 is 0 Å². The van der Waals surface area contributed by atoms with Crippen LogP contribution in [0.15, 0.2) is 53.3 Å². The van der Waals surface area contributed by atoms with Gasteiger partial charge in [0, 0.05) is 41.9 Å². The number of benzene rings is 2. The van der Waals surface area contributed by atoms with Crippen molar-refractivity contribution in [3.63, 3.8) is 0 Å². The molecule has 1 aliphatic heterocycles. The Hall–Kier alpha value is -2.70. The zero-order chi connectivity index (χ0) is 24.9. The molecule has 2 aliphatic rings. The highest BCUT2D eigenvalue weighted by Crippen LogP contribution is 2.24. The molecule has 1 aliphatic carbocycles. The van der Waals surface area contributed by atoms with Gasteiger partial charge < -0.3 is 5.32 Å². The monoisotopic (exact) mass is 506 g/mol. The van der Waals surface area contributed by atoms with Crippen molar-refractivity contribution in [2.24, 2.45) is 5.92 Å². The number of hydrogen-bond acceptors (Lipinski definition) is 4. The second-order valence-corrected chi connectivity index (χ2v) is 10.7. The van der Waals surface area contributed by atoms with Crippen LogP contribution in [0.25, 0.3) is 10.8 Å². The molecule has 2 fully saturated rings. The molecule has 0 bridgehead atoms. The van der Waals surface area contributed by atoms with Gasteiger partial charge in [0.15, 0.2) is 0 Å². The summed E-state index contributed by atoms with van der Waals surface area (Å²) in [5, 5.41) is 10.3. The Morgan fingerprint density at radius 1 is 0.972 bits per heavy atom. The van der Waals surface area contributed by atoms with Crippen molar-refractivity contribution in [1.82, 2.24) is 20.0 Å². The minimum Gasteiger partial charge on any atom is -0.355 e. The molecule has 2 aromatic carbocycles. The molecule has 0 spiro atoms. The number of nitrogens with zero attached hydrogens (tertiary/aromatic N) is 3. The highest BCUT2D eigenvalue weighted by molar-refractivity contribution is 6.30. The van der Waals surface area contributed by atoms with Crippen LogP contribution in [0.4, 0.5) is 0 Å². The van der Waals surface area contributed by atoms with Crippen LogP contribution in [-0.4, -0.2) is 46.3 Å². The molecule has 1 saturated heterocycles. The highest BCUT2D eigenvalue weighted by atomic mass is 35.5. The van der Waals surface area contributed by atoms with Crippen molar-refractivity contribution in [3.8, 4) is 0 Å². The normalized spacial score (nSPS) is 19.1. The second kappa shape index (κ2) is 11.6. The zero-order valence-electron chi connectivity index (χ0n) is 20.8. The maximum absolute atomic E-state index is 13.4. The number of fused-ring (bicyclic) bond motifs is 1. The molecule has 3 aromatic rings. The number of aromatic nitrogens is 2. The minimum atomic E-state index is -0.0390. The number of hydrogen-bond donors (Lipinski definition) is 1. The number of nitrogens with one attached hydrogen (secondary N) is 1. The van der Waals surface area contributed by atoms with E-state index >= 15 is 0 Å². The van der Waals surface area contributed by atoms with E-state index in [0.717, 1.165) is 55.4 Å². The molecule has 5 rings (SSSR count). The number of amides is 1. The van der Waals surface area contributed by atoms with Gasteiger partial charge in [0.2, 0.25) is 5.91 Å². The molecule has 190 valence electrons. The number of carbonyl (C=O) groups is 1. The van der Waals surface area contributed by atoms with Gasteiger partial charge >= 0.3 is 0 Å². The van der Waals surface area contributed by atoms with E-state index in [0.29, 0.717) is 29.9 Å². The van der Waals surface area contributed by atoms with Crippen molar-refractivity contribution in [3.05, 3.63) is 75.2 Å². The summed E-state index contributed by atoms with van der Waals surface area (Å²) in [6, 6.07) is 15.8. The lowest BCUT2D eigenvalue weighted by molar-refractivity contribution is -0.125. The third kappa shape index (κ3) is 5.81. The summed E-state index contributed by atoms with van der Waals surface area (Å²) in [5.74, 6) is 0.400. The summed E-state index contributed by atoms with van der Waals surface area (Å²) < 4.78 is 1.66. The Morgan fingerprint density at radius 2 is 1.72 bits per heavy atom. The first-order chi connectivity index (χ1) is 17.6. The van der Waals surface area contributed by atoms with Gasteiger partial charge in [0.25, 0.3) is 5.56 Å². The van der Waals surface area contributed by atoms with E-state index in [1.807, 2.05) is 48.5 Å². The van der Waals surface area contributed by atoms with E-state index in [1.54, 1.807) is 4.68 Å². The van der Waals surface area contributed by atoms with Crippen molar-refractivity contribution in [2.45, 2.75) is 64.0 Å². The molecule has 1 N–H and O–H groups in total. The molecule has 1 saturated carbocycles. The van der Waals surface area contributed by atoms with E-state index in [-0.39, 0.29) is 23.4 Å². The van der Waals surface area contributed by atoms with E-state index in [4.69, 9.17) is 16.7 Å². The third-order valence-electron chi connectivity index (χ3n) is 7.79. The zero-order valence-corrected chi connectivity index (χ0v) is 21.6. The highest BCUT2D eigenvalue weighted by Gasteiger charge is 2.27. The number of carbonyl (C=O) groups excluding carboxylic acids is 1. The smallest absolute Gasteiger partial charge is 0.274 e. The van der Waals surface area contributed by atoms with E-state index in [1.165, 1.54) is 19.3 Å². The number of likely N-dealkylation sites (tertiary alicyclic amines) is 1. The van der Waals surface area contributed by atoms with Gasteiger partial charge in [-0.3, -0.25) is 14.5 Å². The first-order valence-corrected chi connectivity index (χ1v) is 13.7. The summed E-state index contributed by atoms with van der Waals surface area (Å²) in [6.07, 6.45) is 8.40. The average molecular weight is 507 g/mol. The summed E-state index contributed by atoms with van der Waals surface area (Å²) in [5.41, 5.74) is 1.97. The molecular weight excluding hydrogens is 472 g/mol. The van der Waals surface area contributed by atoms with Crippen LogP contribution >= 0.6 is 11.6 Å². The van der Waals surface area contributed by atoms with Crippen molar-refractivity contribution < 1.29 is 4.79 Å². The molecule has 1 unspecified atom stereocenters. The van der Waals surface area contributed by atoms with Crippen LogP contribution in [-0.2, 0) is 17.8 Å². The van der Waals surface area contributed by atoms with Gasteiger partial charge in [-0.05, 0) is 56.0 Å². The van der Waals surface area contributed by atoms with Gasteiger partial charge in [-0.25, -0.2) is 4.68 Å². The first kappa shape index (κ1) is 25.0. The Kier molecular flexibility index (Phi) is 8.02. The van der Waals surface area contributed by atoms with Crippen LogP contribution in [0.3, 0.4) is 0 Å². The topological polar surface area (TPSA) is 67.2 Å². The molecule has 7 heteroatoms. The number of rotatable bonds is 8. The Labute approximate surface area is 217 Å². The van der Waals surface area contributed by atoms with Crippen LogP contribution < -0.4 is 10.9 Å². The van der Waals surface area contributed by atoms with E-state index in [2.05, 4.69) is 10.2 Å². The largest absolute Gasteiger partial charge is 0.355 e. The van der Waals surface area contributed by atoms with Crippen LogP contribution in [0.5, 0.6) is 0 Å². The third-order valence-corrected chi connectivity index (χ3v) is 8.04. The molecule has 0 radical (unpaired) electrons. The molecule has 1 atom stereocenters. The summed E-state index contributed by atoms with van der Waals surface area (Å²) in [6.45, 7) is 3.02. The molecule has 1 amide bonds. The van der Waals surface area contributed by atoms with Crippen molar-refractivity contribution in [2.75, 3.05) is 19.6 Å². The Bertz CT molecular complexity index is 1250. The second-order valence-electron chi connectivity index (χ2n) is 10.2. The molecule has 1 aromatic heterocycles. The molecule has 2 heterocycles. The Morgan fingerprint density at radius 3 is 2.50 bits per heavy atom. The quantitative estimate of drug-likeness (QED) is 0.476. The summed E-state index contributed by atoms with van der Waals surface area (Å²) in [7, 11) is 0. The van der Waals surface area contributed by atoms with Gasteiger partial charge in [0.1, 0.15) is 0 Å². The fourth-order valence-corrected chi connectivity index (χ4v) is 5.91. The SMILES string of the molecule is O=C(NCCN1CCCC1Cn1nc(Cc2ccc(Cl)cc2)c2ccccc2c1=O)C1CCCCC1. The minimum absolute atomic E-state index is 0.0390. The molecule has 36 heavy (non-hydrogen) atoms. The lowest BCUT2D eigenvalue weighted by Crippen LogP contribution is -2.42. The fourth-order valence-electron chi connectivity index (χ4n) is 5.78. The predicted octanol–water partition coefficient (Wildman–Crippen LogP) is 4.80.